The second kappa shape index (κ2) is 3.38. The van der Waals surface area contributed by atoms with Crippen LogP contribution in [0.25, 0.3) is 10.9 Å². The Balaban J connectivity index is 2.82. The van der Waals surface area contributed by atoms with Gasteiger partial charge in [-0.2, -0.15) is 0 Å². The monoisotopic (exact) mass is 206 g/mol. The number of aryl methyl sites for hydroxylation is 1. The molecule has 0 unspecified atom stereocenters. The SMILES string of the molecule is COc1ccc2nc(=S)[nH]c(C)c2c1. The van der Waals surface area contributed by atoms with E-state index < -0.39 is 0 Å². The molecule has 14 heavy (non-hydrogen) atoms. The number of ether oxygens (including phenoxy) is 1. The highest BCUT2D eigenvalue weighted by Gasteiger charge is 2.00. The summed E-state index contributed by atoms with van der Waals surface area (Å²) in [6, 6.07) is 5.73. The van der Waals surface area contributed by atoms with Crippen molar-refractivity contribution in [3.63, 3.8) is 0 Å². The molecule has 0 aliphatic carbocycles. The molecule has 1 N–H and O–H groups in total. The van der Waals surface area contributed by atoms with E-state index in [4.69, 9.17) is 17.0 Å². The molecule has 0 saturated carbocycles. The third-order valence-electron chi connectivity index (χ3n) is 2.12. The number of aromatic amines is 1. The van der Waals surface area contributed by atoms with Crippen molar-refractivity contribution in [2.75, 3.05) is 7.11 Å². The lowest BCUT2D eigenvalue weighted by Gasteiger charge is -2.04. The van der Waals surface area contributed by atoms with Gasteiger partial charge in [-0.05, 0) is 37.3 Å². The van der Waals surface area contributed by atoms with E-state index >= 15 is 0 Å². The molecular weight excluding hydrogens is 196 g/mol. The Hall–Kier alpha value is -1.42. The fraction of sp³-hybridized carbons (Fsp3) is 0.200. The number of hydrogen-bond acceptors (Lipinski definition) is 3. The standard InChI is InChI=1S/C10H10N2OS/c1-6-8-5-7(13-2)3-4-9(8)12-10(14)11-6/h3-5H,1-2H3,(H,11,12,14). The van der Waals surface area contributed by atoms with Gasteiger partial charge in [0.15, 0.2) is 4.77 Å². The summed E-state index contributed by atoms with van der Waals surface area (Å²) in [4.78, 5) is 7.23. The van der Waals surface area contributed by atoms with Gasteiger partial charge in [0, 0.05) is 11.1 Å². The van der Waals surface area contributed by atoms with Crippen LogP contribution in [-0.2, 0) is 0 Å². The zero-order valence-corrected chi connectivity index (χ0v) is 8.81. The normalized spacial score (nSPS) is 10.4. The molecule has 1 heterocycles. The molecule has 1 aromatic carbocycles. The number of benzene rings is 1. The first-order valence-electron chi connectivity index (χ1n) is 4.25. The Labute approximate surface area is 86.8 Å². The van der Waals surface area contributed by atoms with Gasteiger partial charge in [-0.1, -0.05) is 0 Å². The summed E-state index contributed by atoms with van der Waals surface area (Å²) >= 11 is 4.99. The predicted octanol–water partition coefficient (Wildman–Crippen LogP) is 2.61. The van der Waals surface area contributed by atoms with Crippen molar-refractivity contribution < 1.29 is 4.74 Å². The fourth-order valence-electron chi connectivity index (χ4n) is 1.41. The van der Waals surface area contributed by atoms with E-state index in [1.165, 1.54) is 0 Å². The van der Waals surface area contributed by atoms with E-state index in [1.54, 1.807) is 7.11 Å². The first kappa shape index (κ1) is 9.15. The van der Waals surface area contributed by atoms with Gasteiger partial charge in [0.25, 0.3) is 0 Å². The highest BCUT2D eigenvalue weighted by atomic mass is 32.1. The van der Waals surface area contributed by atoms with Gasteiger partial charge < -0.3 is 9.72 Å². The molecule has 0 atom stereocenters. The van der Waals surface area contributed by atoms with Crippen molar-refractivity contribution in [1.82, 2.24) is 9.97 Å². The van der Waals surface area contributed by atoms with Crippen LogP contribution in [0, 0.1) is 11.7 Å². The summed E-state index contributed by atoms with van der Waals surface area (Å²) in [5.74, 6) is 0.827. The molecule has 0 bridgehead atoms. The highest BCUT2D eigenvalue weighted by molar-refractivity contribution is 7.71. The third-order valence-corrected chi connectivity index (χ3v) is 2.32. The molecule has 4 heteroatoms. The minimum atomic E-state index is 0.514. The number of fused-ring (bicyclic) bond motifs is 1. The Morgan fingerprint density at radius 1 is 1.43 bits per heavy atom. The van der Waals surface area contributed by atoms with Crippen molar-refractivity contribution in [1.29, 1.82) is 0 Å². The number of nitrogens with one attached hydrogen (secondary N) is 1. The van der Waals surface area contributed by atoms with Crippen LogP contribution in [-0.4, -0.2) is 17.1 Å². The van der Waals surface area contributed by atoms with E-state index in [0.717, 1.165) is 22.3 Å². The minimum Gasteiger partial charge on any atom is -0.497 e. The van der Waals surface area contributed by atoms with Crippen molar-refractivity contribution in [3.05, 3.63) is 28.7 Å². The summed E-state index contributed by atoms with van der Waals surface area (Å²) in [7, 11) is 1.65. The van der Waals surface area contributed by atoms with E-state index in [9.17, 15) is 0 Å². The largest absolute Gasteiger partial charge is 0.497 e. The molecule has 2 rings (SSSR count). The smallest absolute Gasteiger partial charge is 0.197 e. The Morgan fingerprint density at radius 2 is 2.21 bits per heavy atom. The molecule has 2 aromatic rings. The van der Waals surface area contributed by atoms with Gasteiger partial charge in [0.2, 0.25) is 0 Å². The zero-order chi connectivity index (χ0) is 10.1. The molecule has 0 spiro atoms. The molecular formula is C10H10N2OS. The van der Waals surface area contributed by atoms with Crippen molar-refractivity contribution in [2.24, 2.45) is 0 Å². The molecule has 1 aromatic heterocycles. The third kappa shape index (κ3) is 1.48. The topological polar surface area (TPSA) is 37.9 Å². The number of nitrogens with zero attached hydrogens (tertiary/aromatic N) is 1. The Kier molecular flexibility index (Phi) is 2.21. The molecule has 0 aliphatic rings. The highest BCUT2D eigenvalue weighted by Crippen LogP contribution is 2.20. The van der Waals surface area contributed by atoms with E-state index in [1.807, 2.05) is 25.1 Å². The number of H-pyrrole nitrogens is 1. The van der Waals surface area contributed by atoms with E-state index in [-0.39, 0.29) is 0 Å². The van der Waals surface area contributed by atoms with Crippen LogP contribution >= 0.6 is 12.2 Å². The van der Waals surface area contributed by atoms with Gasteiger partial charge in [0.1, 0.15) is 5.75 Å². The zero-order valence-electron chi connectivity index (χ0n) is 8.00. The maximum Gasteiger partial charge on any atom is 0.197 e. The lowest BCUT2D eigenvalue weighted by molar-refractivity contribution is 0.415. The first-order valence-corrected chi connectivity index (χ1v) is 4.66. The van der Waals surface area contributed by atoms with E-state index in [0.29, 0.717) is 4.77 Å². The second-order valence-corrected chi connectivity index (χ2v) is 3.44. The van der Waals surface area contributed by atoms with Gasteiger partial charge in [-0.15, -0.1) is 0 Å². The maximum atomic E-state index is 5.14. The van der Waals surface area contributed by atoms with Crippen LogP contribution < -0.4 is 4.74 Å². The maximum absolute atomic E-state index is 5.14. The van der Waals surface area contributed by atoms with Crippen molar-refractivity contribution in [3.8, 4) is 5.75 Å². The van der Waals surface area contributed by atoms with Gasteiger partial charge in [-0.3, -0.25) is 0 Å². The fourth-order valence-corrected chi connectivity index (χ4v) is 1.66. The van der Waals surface area contributed by atoms with Crippen LogP contribution in [0.4, 0.5) is 0 Å². The Morgan fingerprint density at radius 3 is 2.93 bits per heavy atom. The second-order valence-electron chi connectivity index (χ2n) is 3.05. The van der Waals surface area contributed by atoms with Crippen molar-refractivity contribution in [2.45, 2.75) is 6.92 Å². The van der Waals surface area contributed by atoms with Crippen LogP contribution in [0.15, 0.2) is 18.2 Å². The number of hydrogen-bond donors (Lipinski definition) is 1. The summed E-state index contributed by atoms with van der Waals surface area (Å²) in [5.41, 5.74) is 1.91. The average molecular weight is 206 g/mol. The minimum absolute atomic E-state index is 0.514. The summed E-state index contributed by atoms with van der Waals surface area (Å²) in [5, 5.41) is 1.04. The quantitative estimate of drug-likeness (QED) is 0.729. The molecule has 0 aliphatic heterocycles. The molecule has 0 fully saturated rings. The van der Waals surface area contributed by atoms with Gasteiger partial charge in [-0.25, -0.2) is 4.98 Å². The average Bonchev–Trinajstić information content (AvgIpc) is 2.17. The summed E-state index contributed by atoms with van der Waals surface area (Å²) in [6.45, 7) is 1.97. The lowest BCUT2D eigenvalue weighted by atomic mass is 10.2. The van der Waals surface area contributed by atoms with Crippen LogP contribution in [0.5, 0.6) is 5.75 Å². The summed E-state index contributed by atoms with van der Waals surface area (Å²) < 4.78 is 5.65. The molecule has 0 amide bonds. The number of aromatic nitrogens is 2. The predicted molar refractivity (Wildman–Crippen MR) is 58.2 cm³/mol. The molecule has 3 nitrogen and oxygen atoms in total. The molecule has 0 saturated heterocycles. The van der Waals surface area contributed by atoms with Gasteiger partial charge in [0.05, 0.1) is 12.6 Å². The first-order chi connectivity index (χ1) is 6.70. The van der Waals surface area contributed by atoms with Crippen molar-refractivity contribution >= 4 is 23.1 Å². The number of methoxy groups -OCH3 is 1. The lowest BCUT2D eigenvalue weighted by Crippen LogP contribution is -1.90. The summed E-state index contributed by atoms with van der Waals surface area (Å²) in [6.07, 6.45) is 0. The van der Waals surface area contributed by atoms with Gasteiger partial charge >= 0.3 is 0 Å². The molecule has 72 valence electrons. The van der Waals surface area contributed by atoms with Crippen LogP contribution in [0.2, 0.25) is 0 Å². The van der Waals surface area contributed by atoms with Crippen LogP contribution in [0.1, 0.15) is 5.69 Å². The van der Waals surface area contributed by atoms with Crippen LogP contribution in [0.3, 0.4) is 0 Å². The molecule has 0 radical (unpaired) electrons. The number of rotatable bonds is 1. The Bertz CT molecular complexity index is 533. The van der Waals surface area contributed by atoms with E-state index in [2.05, 4.69) is 9.97 Å².